The monoisotopic (exact) mass is 498 g/mol. The van der Waals surface area contributed by atoms with Gasteiger partial charge < -0.3 is 10.6 Å². The van der Waals surface area contributed by atoms with Crippen LogP contribution in [-0.4, -0.2) is 45.4 Å². The van der Waals surface area contributed by atoms with E-state index in [1.807, 2.05) is 24.5 Å². The van der Waals surface area contributed by atoms with Gasteiger partial charge in [0.1, 0.15) is 11.5 Å². The number of nitrogens with one attached hydrogen (secondary N) is 2. The molecular weight excluding hydrogens is 460 g/mol. The zero-order valence-electron chi connectivity index (χ0n) is 22.5. The van der Waals surface area contributed by atoms with Crippen molar-refractivity contribution in [2.45, 2.75) is 53.0 Å². The van der Waals surface area contributed by atoms with Crippen molar-refractivity contribution in [1.29, 1.82) is 0 Å². The molecule has 2 aromatic heterocycles. The molecule has 0 unspecified atom stereocenters. The van der Waals surface area contributed by atoms with E-state index in [9.17, 15) is 4.79 Å². The fraction of sp³-hybridized carbons (Fsp3) is 0.400. The van der Waals surface area contributed by atoms with E-state index in [0.29, 0.717) is 17.5 Å². The third-order valence-corrected chi connectivity index (χ3v) is 8.02. The molecule has 194 valence electrons. The number of allylic oxidation sites excluding steroid dienone is 2. The van der Waals surface area contributed by atoms with Crippen LogP contribution in [0.15, 0.2) is 61.2 Å². The molecule has 7 heteroatoms. The molecule has 1 saturated heterocycles. The van der Waals surface area contributed by atoms with Gasteiger partial charge in [0.05, 0.1) is 23.1 Å². The number of rotatable bonds is 8. The lowest BCUT2D eigenvalue weighted by atomic mass is 9.77. The van der Waals surface area contributed by atoms with Crippen molar-refractivity contribution in [2.75, 3.05) is 25.5 Å². The molecule has 0 radical (unpaired) electrons. The van der Waals surface area contributed by atoms with Crippen LogP contribution in [0.2, 0.25) is 0 Å². The van der Waals surface area contributed by atoms with Gasteiger partial charge in [0, 0.05) is 38.4 Å². The second-order valence-corrected chi connectivity index (χ2v) is 10.7. The summed E-state index contributed by atoms with van der Waals surface area (Å²) in [5.74, 6) is 0.840. The van der Waals surface area contributed by atoms with Crippen LogP contribution in [0.1, 0.15) is 61.0 Å². The van der Waals surface area contributed by atoms with E-state index < -0.39 is 0 Å². The number of hydrogen-bond donors (Lipinski definition) is 2. The molecule has 5 rings (SSSR count). The summed E-state index contributed by atoms with van der Waals surface area (Å²) in [7, 11) is 2.08. The SMILES string of the molecule is C=C/C=C(/Nc1ccc(-c2cnc3cc(C)ccn23)c2c1C(=O)NC2)N(C)N1CCC(C)(CCC)CC1. The zero-order chi connectivity index (χ0) is 26.2. The van der Waals surface area contributed by atoms with Gasteiger partial charge in [-0.3, -0.25) is 14.2 Å². The van der Waals surface area contributed by atoms with Gasteiger partial charge in [0.15, 0.2) is 0 Å². The Morgan fingerprint density at radius 3 is 2.81 bits per heavy atom. The number of carbonyl (C=O) groups is 1. The van der Waals surface area contributed by atoms with Crippen molar-refractivity contribution >= 4 is 17.2 Å². The number of carbonyl (C=O) groups excluding carboxylic acids is 1. The maximum atomic E-state index is 13.0. The summed E-state index contributed by atoms with van der Waals surface area (Å²) in [5, 5.41) is 11.2. The fourth-order valence-electron chi connectivity index (χ4n) is 5.79. The molecule has 1 fully saturated rings. The lowest BCUT2D eigenvalue weighted by Crippen LogP contribution is -2.48. The molecule has 1 amide bonds. The van der Waals surface area contributed by atoms with Crippen LogP contribution in [0.25, 0.3) is 16.9 Å². The van der Waals surface area contributed by atoms with Gasteiger partial charge in [0.25, 0.3) is 5.91 Å². The highest BCUT2D eigenvalue weighted by molar-refractivity contribution is 6.05. The first-order chi connectivity index (χ1) is 17.8. The van der Waals surface area contributed by atoms with Crippen LogP contribution < -0.4 is 10.6 Å². The molecule has 3 aromatic rings. The summed E-state index contributed by atoms with van der Waals surface area (Å²) in [6.45, 7) is 13.2. The summed E-state index contributed by atoms with van der Waals surface area (Å²) >= 11 is 0. The molecule has 37 heavy (non-hydrogen) atoms. The van der Waals surface area contributed by atoms with Gasteiger partial charge in [-0.05, 0) is 67.0 Å². The number of piperidine rings is 1. The number of benzene rings is 1. The standard InChI is InChI=1S/C30H38N6O/c1-6-8-26(34(5)35-16-13-30(4,12-7-2)14-17-35)33-24-10-9-22(23-19-32-29(37)28(23)24)25-20-31-27-18-21(3)11-15-36(25)27/h6,8-11,15,18,20,33H,1,7,12-14,16-17,19H2,2-5H3,(H,32,37)/b26-8-. The summed E-state index contributed by atoms with van der Waals surface area (Å²) in [4.78, 5) is 17.6. The maximum Gasteiger partial charge on any atom is 0.254 e. The summed E-state index contributed by atoms with van der Waals surface area (Å²) in [6.07, 6.45) is 12.6. The van der Waals surface area contributed by atoms with Crippen LogP contribution in [0.4, 0.5) is 5.69 Å². The van der Waals surface area contributed by atoms with Crippen molar-refractivity contribution in [1.82, 2.24) is 24.7 Å². The third-order valence-electron chi connectivity index (χ3n) is 8.02. The highest BCUT2D eigenvalue weighted by Gasteiger charge is 2.32. The van der Waals surface area contributed by atoms with Crippen molar-refractivity contribution in [2.24, 2.45) is 5.41 Å². The number of aryl methyl sites for hydroxylation is 1. The van der Waals surface area contributed by atoms with Crippen molar-refractivity contribution in [3.8, 4) is 11.3 Å². The summed E-state index contributed by atoms with van der Waals surface area (Å²) in [6, 6.07) is 8.24. The number of imidazole rings is 1. The Balaban J connectivity index is 1.44. The fourth-order valence-corrected chi connectivity index (χ4v) is 5.79. The van der Waals surface area contributed by atoms with Gasteiger partial charge >= 0.3 is 0 Å². The first kappa shape index (κ1) is 25.1. The highest BCUT2D eigenvalue weighted by Crippen LogP contribution is 2.37. The van der Waals surface area contributed by atoms with Crippen LogP contribution >= 0.6 is 0 Å². The van der Waals surface area contributed by atoms with E-state index >= 15 is 0 Å². The lowest BCUT2D eigenvalue weighted by Gasteiger charge is -2.44. The average molecular weight is 499 g/mol. The largest absolute Gasteiger partial charge is 0.348 e. The van der Waals surface area contributed by atoms with E-state index in [1.165, 1.54) is 31.2 Å². The molecular formula is C30H38N6O. The Kier molecular flexibility index (Phi) is 6.82. The molecule has 2 N–H and O–H groups in total. The molecule has 0 spiro atoms. The Bertz CT molecular complexity index is 1360. The smallest absolute Gasteiger partial charge is 0.254 e. The molecule has 0 aliphatic carbocycles. The van der Waals surface area contributed by atoms with Crippen LogP contribution in [0, 0.1) is 12.3 Å². The van der Waals surface area contributed by atoms with Gasteiger partial charge in [-0.2, -0.15) is 0 Å². The molecule has 1 aromatic carbocycles. The summed E-state index contributed by atoms with van der Waals surface area (Å²) < 4.78 is 2.08. The number of hydrogen-bond acceptors (Lipinski definition) is 5. The van der Waals surface area contributed by atoms with Crippen LogP contribution in [0.5, 0.6) is 0 Å². The van der Waals surface area contributed by atoms with Gasteiger partial charge in [0.2, 0.25) is 0 Å². The van der Waals surface area contributed by atoms with Gasteiger partial charge in [-0.15, -0.1) is 0 Å². The van der Waals surface area contributed by atoms with Crippen LogP contribution in [-0.2, 0) is 6.54 Å². The molecule has 0 bridgehead atoms. The normalized spacial score (nSPS) is 17.5. The van der Waals surface area contributed by atoms with Crippen molar-refractivity contribution < 1.29 is 4.79 Å². The van der Waals surface area contributed by atoms with E-state index in [1.54, 1.807) is 6.08 Å². The third kappa shape index (κ3) is 4.76. The second kappa shape index (κ2) is 10.1. The molecule has 2 aliphatic heterocycles. The quantitative estimate of drug-likeness (QED) is 0.388. The first-order valence-corrected chi connectivity index (χ1v) is 13.3. The van der Waals surface area contributed by atoms with Crippen LogP contribution in [0.3, 0.4) is 0 Å². The lowest BCUT2D eigenvalue weighted by molar-refractivity contribution is -0.0226. The van der Waals surface area contributed by atoms with E-state index in [2.05, 4.69) is 82.6 Å². The Morgan fingerprint density at radius 1 is 1.30 bits per heavy atom. The minimum Gasteiger partial charge on any atom is -0.348 e. The zero-order valence-corrected chi connectivity index (χ0v) is 22.5. The topological polar surface area (TPSA) is 64.9 Å². The number of amides is 1. The minimum atomic E-state index is -0.0575. The van der Waals surface area contributed by atoms with E-state index in [0.717, 1.165) is 47.1 Å². The van der Waals surface area contributed by atoms with Gasteiger partial charge in [-0.1, -0.05) is 39.0 Å². The number of pyridine rings is 1. The molecule has 7 nitrogen and oxygen atoms in total. The molecule has 0 saturated carbocycles. The maximum absolute atomic E-state index is 13.0. The summed E-state index contributed by atoms with van der Waals surface area (Å²) in [5.41, 5.74) is 6.97. The number of anilines is 1. The van der Waals surface area contributed by atoms with E-state index in [-0.39, 0.29) is 5.91 Å². The molecule has 4 heterocycles. The van der Waals surface area contributed by atoms with Crippen molar-refractivity contribution in [3.63, 3.8) is 0 Å². The molecule has 0 atom stereocenters. The minimum absolute atomic E-state index is 0.0575. The second-order valence-electron chi connectivity index (χ2n) is 10.7. The first-order valence-electron chi connectivity index (χ1n) is 13.3. The molecule has 2 aliphatic rings. The average Bonchev–Trinajstić information content (AvgIpc) is 3.48. The number of hydrazine groups is 1. The number of nitrogens with zero attached hydrogens (tertiary/aromatic N) is 4. The van der Waals surface area contributed by atoms with E-state index in [4.69, 9.17) is 0 Å². The highest BCUT2D eigenvalue weighted by atomic mass is 16.1. The van der Waals surface area contributed by atoms with Crippen molar-refractivity contribution in [3.05, 3.63) is 77.9 Å². The predicted octanol–water partition coefficient (Wildman–Crippen LogP) is 5.74. The van der Waals surface area contributed by atoms with Gasteiger partial charge in [-0.25, -0.2) is 9.99 Å². The Labute approximate surface area is 219 Å². The predicted molar refractivity (Wildman–Crippen MR) is 150 cm³/mol. The number of aromatic nitrogens is 2. The number of fused-ring (bicyclic) bond motifs is 2. The Morgan fingerprint density at radius 2 is 2.08 bits per heavy atom. The Hall–Kier alpha value is -3.58.